The van der Waals surface area contributed by atoms with Gasteiger partial charge in [0.15, 0.2) is 5.52 Å². The average Bonchev–Trinajstić information content (AvgIpc) is 3.60. The van der Waals surface area contributed by atoms with Gasteiger partial charge in [0.05, 0.1) is 28.1 Å². The zero-order valence-corrected chi connectivity index (χ0v) is 24.7. The van der Waals surface area contributed by atoms with Crippen molar-refractivity contribution < 1.29 is 4.57 Å². The molecule has 0 aliphatic carbocycles. The Bertz CT molecular complexity index is 3020. The topological polar surface area (TPSA) is 26.1 Å². The summed E-state index contributed by atoms with van der Waals surface area (Å²) < 4.78 is 7.15. The minimum Gasteiger partial charge on any atom is -0.307 e. The van der Waals surface area contributed by atoms with Crippen molar-refractivity contribution >= 4 is 81.6 Å². The van der Waals surface area contributed by atoms with E-state index >= 15 is 0 Å². The van der Waals surface area contributed by atoms with Crippen molar-refractivity contribution in [3.63, 3.8) is 0 Å². The number of hydrogen-bond acceptors (Lipinski definition) is 1. The van der Waals surface area contributed by atoms with Gasteiger partial charge in [0, 0.05) is 32.3 Å². The minimum atomic E-state index is 0.864. The maximum atomic E-state index is 5.39. The summed E-state index contributed by atoms with van der Waals surface area (Å²) in [6, 6.07) is 52.5. The van der Waals surface area contributed by atoms with Gasteiger partial charge in [-0.05, 0) is 59.3 Å². The van der Waals surface area contributed by atoms with Crippen LogP contribution in [0.5, 0.6) is 0 Å². The van der Waals surface area contributed by atoms with Crippen molar-refractivity contribution in [3.05, 3.63) is 152 Å². The predicted octanol–water partition coefficient (Wildman–Crippen LogP) is 9.91. The van der Waals surface area contributed by atoms with Crippen molar-refractivity contribution in [3.8, 4) is 11.6 Å². The lowest BCUT2D eigenvalue weighted by atomic mass is 10.0. The zero-order chi connectivity index (χ0) is 29.9. The number of aromatic nitrogens is 4. The Kier molecular flexibility index (Phi) is 4.55. The molecule has 46 heavy (non-hydrogen) atoms. The molecule has 212 valence electrons. The monoisotopic (exact) mass is 585 g/mol. The number of rotatable bonds is 2. The van der Waals surface area contributed by atoms with Crippen LogP contribution in [-0.4, -0.2) is 14.0 Å². The van der Waals surface area contributed by atoms with Crippen molar-refractivity contribution in [1.82, 2.24) is 14.0 Å². The highest BCUT2D eigenvalue weighted by atomic mass is 15.2. The molecule has 4 aromatic heterocycles. The van der Waals surface area contributed by atoms with Gasteiger partial charge in [-0.15, -0.1) is 0 Å². The van der Waals surface area contributed by atoms with E-state index in [0.717, 1.165) is 33.6 Å². The summed E-state index contributed by atoms with van der Waals surface area (Å²) in [5.74, 6) is 0.864. The summed E-state index contributed by atoms with van der Waals surface area (Å²) in [7, 11) is 0. The van der Waals surface area contributed by atoms with E-state index in [2.05, 4.69) is 165 Å². The van der Waals surface area contributed by atoms with Crippen molar-refractivity contribution in [2.24, 2.45) is 0 Å². The van der Waals surface area contributed by atoms with E-state index in [1.54, 1.807) is 0 Å². The van der Waals surface area contributed by atoms with E-state index in [1.807, 2.05) is 0 Å². The largest absolute Gasteiger partial charge is 0.409 e. The highest BCUT2D eigenvalue weighted by Crippen LogP contribution is 2.46. The van der Waals surface area contributed by atoms with Crippen LogP contribution in [0.25, 0.3) is 93.2 Å². The van der Waals surface area contributed by atoms with Crippen LogP contribution in [0, 0.1) is 0 Å². The summed E-state index contributed by atoms with van der Waals surface area (Å²) in [5.41, 5.74) is 8.04. The third-order valence-electron chi connectivity index (χ3n) is 9.88. The van der Waals surface area contributed by atoms with Gasteiger partial charge < -0.3 is 4.40 Å². The van der Waals surface area contributed by atoms with Gasteiger partial charge in [0.25, 0.3) is 0 Å². The lowest BCUT2D eigenvalue weighted by Gasteiger charge is -2.09. The first-order valence-electron chi connectivity index (χ1n) is 15.7. The van der Waals surface area contributed by atoms with Crippen molar-refractivity contribution in [1.29, 1.82) is 0 Å². The molecule has 0 saturated carbocycles. The molecule has 4 nitrogen and oxygen atoms in total. The van der Waals surface area contributed by atoms with Gasteiger partial charge in [0.1, 0.15) is 16.7 Å². The molecular formula is C42H25N4+. The second-order valence-electron chi connectivity index (χ2n) is 12.2. The van der Waals surface area contributed by atoms with Crippen molar-refractivity contribution in [2.45, 2.75) is 0 Å². The fourth-order valence-electron chi connectivity index (χ4n) is 7.98. The number of nitrogens with zero attached hydrogens (tertiary/aromatic N) is 4. The van der Waals surface area contributed by atoms with E-state index in [9.17, 15) is 0 Å². The molecule has 11 aromatic rings. The highest BCUT2D eigenvalue weighted by Gasteiger charge is 2.29. The number of hydrogen-bond donors (Lipinski definition) is 0. The molecule has 0 radical (unpaired) electrons. The molecule has 11 rings (SSSR count). The van der Waals surface area contributed by atoms with E-state index in [-0.39, 0.29) is 0 Å². The first-order chi connectivity index (χ1) is 22.8. The molecule has 0 saturated heterocycles. The van der Waals surface area contributed by atoms with Gasteiger partial charge in [-0.25, -0.2) is 4.57 Å². The maximum Gasteiger partial charge on any atom is 0.409 e. The molecule has 0 amide bonds. The van der Waals surface area contributed by atoms with Crippen LogP contribution in [0.3, 0.4) is 0 Å². The van der Waals surface area contributed by atoms with Gasteiger partial charge in [-0.1, -0.05) is 102 Å². The molecule has 0 fully saturated rings. The summed E-state index contributed by atoms with van der Waals surface area (Å²) in [5, 5.41) is 11.1. The quantitative estimate of drug-likeness (QED) is 0.185. The van der Waals surface area contributed by atoms with Crippen LogP contribution in [0.1, 0.15) is 0 Å². The van der Waals surface area contributed by atoms with Gasteiger partial charge in [-0.2, -0.15) is 4.57 Å². The predicted molar refractivity (Wildman–Crippen MR) is 190 cm³/mol. The van der Waals surface area contributed by atoms with E-state index < -0.39 is 0 Å². The first kappa shape index (κ1) is 24.1. The standard InChI is InChI=1S/C42H25N4/c1-2-13-28(14-3-1)44-25-27-12-5-8-18-34(27)43-42(44)45-36-20-10-17-31-30-16-7-9-19-35(30)46-40-29-15-6-4-11-26(29)21-22-32(40)33-23-24-37(45)39(38(31)36)41(33)46/h1-25H/q+1. The first-order valence-corrected chi connectivity index (χ1v) is 15.7. The van der Waals surface area contributed by atoms with E-state index in [0.29, 0.717) is 0 Å². The van der Waals surface area contributed by atoms with Gasteiger partial charge in [0.2, 0.25) is 0 Å². The summed E-state index contributed by atoms with van der Waals surface area (Å²) in [4.78, 5) is 5.39. The Morgan fingerprint density at radius 3 is 2.02 bits per heavy atom. The van der Waals surface area contributed by atoms with E-state index in [1.165, 1.54) is 59.6 Å². The molecule has 4 heteroatoms. The minimum absolute atomic E-state index is 0.864. The van der Waals surface area contributed by atoms with Crippen LogP contribution < -0.4 is 4.57 Å². The Hall–Kier alpha value is -6.26. The van der Waals surface area contributed by atoms with Crippen LogP contribution >= 0.6 is 0 Å². The molecular weight excluding hydrogens is 560 g/mol. The van der Waals surface area contributed by atoms with Crippen LogP contribution in [0.2, 0.25) is 0 Å². The van der Waals surface area contributed by atoms with Crippen molar-refractivity contribution in [2.75, 3.05) is 0 Å². The van der Waals surface area contributed by atoms with Crippen LogP contribution in [-0.2, 0) is 0 Å². The SMILES string of the molecule is c1ccc(-[n+]2cc3ccccc3nc2-n2c3cccc4c5ccccc5n5c6c7ccccc7ccc6c6ccc2c(c43)c65)cc1. The highest BCUT2D eigenvalue weighted by molar-refractivity contribution is 6.34. The summed E-state index contributed by atoms with van der Waals surface area (Å²) >= 11 is 0. The van der Waals surface area contributed by atoms with Crippen LogP contribution in [0.15, 0.2) is 152 Å². The summed E-state index contributed by atoms with van der Waals surface area (Å²) in [6.07, 6.45) is 2.22. The second-order valence-corrected chi connectivity index (χ2v) is 12.2. The summed E-state index contributed by atoms with van der Waals surface area (Å²) in [6.45, 7) is 0. The Morgan fingerprint density at radius 2 is 1.11 bits per heavy atom. The molecule has 4 heterocycles. The normalized spacial score (nSPS) is 12.3. The molecule has 0 N–H and O–H groups in total. The molecule has 0 aliphatic heterocycles. The Balaban J connectivity index is 1.44. The molecule has 0 atom stereocenters. The molecule has 0 unspecified atom stereocenters. The fourth-order valence-corrected chi connectivity index (χ4v) is 7.98. The van der Waals surface area contributed by atoms with E-state index in [4.69, 9.17) is 4.98 Å². The number of benzene rings is 7. The molecule has 0 spiro atoms. The zero-order valence-electron chi connectivity index (χ0n) is 24.7. The number of fused-ring (bicyclic) bond motifs is 9. The molecule has 7 aromatic carbocycles. The third-order valence-corrected chi connectivity index (χ3v) is 9.88. The average molecular weight is 586 g/mol. The lowest BCUT2D eigenvalue weighted by Crippen LogP contribution is -2.37. The smallest absolute Gasteiger partial charge is 0.307 e. The molecule has 0 aliphatic rings. The van der Waals surface area contributed by atoms with Gasteiger partial charge >= 0.3 is 5.95 Å². The second kappa shape index (κ2) is 8.68. The molecule has 0 bridgehead atoms. The van der Waals surface area contributed by atoms with Gasteiger partial charge in [-0.3, -0.25) is 0 Å². The number of para-hydroxylation sites is 3. The Labute approximate surface area is 262 Å². The van der Waals surface area contributed by atoms with Crippen LogP contribution in [0.4, 0.5) is 0 Å². The fraction of sp³-hybridized carbons (Fsp3) is 0. The lowest BCUT2D eigenvalue weighted by molar-refractivity contribution is -0.591. The Morgan fingerprint density at radius 1 is 0.435 bits per heavy atom. The third kappa shape index (κ3) is 2.98. The maximum absolute atomic E-state index is 5.39.